The Labute approximate surface area is 99.0 Å². The molecule has 0 radical (unpaired) electrons. The van der Waals surface area contributed by atoms with Crippen molar-refractivity contribution in [3.63, 3.8) is 0 Å². The Morgan fingerprint density at radius 3 is 2.56 bits per heavy atom. The van der Waals surface area contributed by atoms with Crippen LogP contribution in [-0.4, -0.2) is 18.2 Å². The molecular weight excluding hydrogens is 230 g/mol. The molecule has 1 aromatic rings. The quantitative estimate of drug-likeness (QED) is 0.852. The fourth-order valence-electron chi connectivity index (χ4n) is 1.62. The summed E-state index contributed by atoms with van der Waals surface area (Å²) in [5, 5.41) is 9.44. The van der Waals surface area contributed by atoms with Crippen LogP contribution in [0.3, 0.4) is 0 Å². The van der Waals surface area contributed by atoms with Crippen LogP contribution >= 0.6 is 11.6 Å². The summed E-state index contributed by atoms with van der Waals surface area (Å²) in [6, 6.07) is 0.557. The van der Waals surface area contributed by atoms with E-state index in [0.717, 1.165) is 5.56 Å². The Kier molecular flexibility index (Phi) is 3.78. The van der Waals surface area contributed by atoms with Gasteiger partial charge in [0, 0.05) is 10.6 Å². The van der Waals surface area contributed by atoms with E-state index in [-0.39, 0.29) is 0 Å². The Bertz CT molecular complexity index is 432. The minimum absolute atomic E-state index is 0.422. The van der Waals surface area contributed by atoms with E-state index in [9.17, 15) is 4.79 Å². The number of hydrogen-bond donors (Lipinski definition) is 2. The van der Waals surface area contributed by atoms with Gasteiger partial charge in [0.15, 0.2) is 0 Å². The molecule has 0 spiro atoms. The molecule has 1 atom stereocenters. The first-order valence-corrected chi connectivity index (χ1v) is 5.10. The summed E-state index contributed by atoms with van der Waals surface area (Å²) in [5.41, 5.74) is 7.50. The SMILES string of the molecule is COc1cc(C)c(Cl)c(C)c1C(N)C(=O)O. The van der Waals surface area contributed by atoms with Gasteiger partial charge in [-0.2, -0.15) is 0 Å². The lowest BCUT2D eigenvalue weighted by atomic mass is 9.98. The van der Waals surface area contributed by atoms with Crippen molar-refractivity contribution in [3.05, 3.63) is 27.8 Å². The molecule has 0 aliphatic heterocycles. The van der Waals surface area contributed by atoms with Crippen LogP contribution in [-0.2, 0) is 4.79 Å². The number of nitrogens with two attached hydrogens (primary N) is 1. The fourth-order valence-corrected chi connectivity index (χ4v) is 1.77. The molecule has 0 aliphatic carbocycles. The van der Waals surface area contributed by atoms with E-state index in [1.165, 1.54) is 7.11 Å². The summed E-state index contributed by atoms with van der Waals surface area (Å²) in [7, 11) is 1.47. The lowest BCUT2D eigenvalue weighted by Crippen LogP contribution is -2.22. The Morgan fingerprint density at radius 2 is 2.12 bits per heavy atom. The Hall–Kier alpha value is -1.26. The third-order valence-corrected chi connectivity index (χ3v) is 3.07. The zero-order chi connectivity index (χ0) is 12.5. The molecule has 1 rings (SSSR count). The van der Waals surface area contributed by atoms with Gasteiger partial charge in [-0.25, -0.2) is 0 Å². The minimum atomic E-state index is -1.13. The number of carbonyl (C=O) groups is 1. The van der Waals surface area contributed by atoms with E-state index in [1.807, 2.05) is 6.92 Å². The molecule has 5 heteroatoms. The molecular formula is C11H14ClNO3. The molecule has 0 aromatic heterocycles. The van der Waals surface area contributed by atoms with Gasteiger partial charge in [0.25, 0.3) is 0 Å². The van der Waals surface area contributed by atoms with Crippen molar-refractivity contribution in [2.24, 2.45) is 5.73 Å². The van der Waals surface area contributed by atoms with Gasteiger partial charge in [-0.05, 0) is 31.0 Å². The molecule has 0 heterocycles. The maximum atomic E-state index is 10.9. The van der Waals surface area contributed by atoms with E-state index >= 15 is 0 Å². The summed E-state index contributed by atoms with van der Waals surface area (Å²) in [5.74, 6) is -0.657. The van der Waals surface area contributed by atoms with Crippen LogP contribution in [0, 0.1) is 13.8 Å². The highest BCUT2D eigenvalue weighted by Gasteiger charge is 2.23. The molecule has 1 aromatic carbocycles. The van der Waals surface area contributed by atoms with Crippen molar-refractivity contribution in [2.75, 3.05) is 7.11 Å². The van der Waals surface area contributed by atoms with Crippen molar-refractivity contribution in [1.82, 2.24) is 0 Å². The average Bonchev–Trinajstić information content (AvgIpc) is 2.24. The second kappa shape index (κ2) is 4.72. The highest BCUT2D eigenvalue weighted by Crippen LogP contribution is 2.34. The molecule has 88 valence electrons. The van der Waals surface area contributed by atoms with Crippen LogP contribution in [0.1, 0.15) is 22.7 Å². The largest absolute Gasteiger partial charge is 0.496 e. The Balaban J connectivity index is 3.47. The zero-order valence-electron chi connectivity index (χ0n) is 9.37. The standard InChI is InChI=1S/C11H14ClNO3/c1-5-4-7(16-3)8(6(2)9(5)12)10(13)11(14)15/h4,10H,13H2,1-3H3,(H,14,15). The molecule has 16 heavy (non-hydrogen) atoms. The first kappa shape index (κ1) is 12.8. The van der Waals surface area contributed by atoms with Crippen LogP contribution < -0.4 is 10.5 Å². The molecule has 0 amide bonds. The second-order valence-corrected chi connectivity index (χ2v) is 3.94. The molecule has 0 saturated carbocycles. The van der Waals surface area contributed by atoms with Gasteiger partial charge in [-0.3, -0.25) is 4.79 Å². The van der Waals surface area contributed by atoms with Crippen LogP contribution in [0.25, 0.3) is 0 Å². The summed E-state index contributed by atoms with van der Waals surface area (Å²) in [4.78, 5) is 10.9. The zero-order valence-corrected chi connectivity index (χ0v) is 10.1. The van der Waals surface area contributed by atoms with Gasteiger partial charge in [-0.15, -0.1) is 0 Å². The highest BCUT2D eigenvalue weighted by atomic mass is 35.5. The number of rotatable bonds is 3. The maximum Gasteiger partial charge on any atom is 0.325 e. The summed E-state index contributed by atoms with van der Waals surface area (Å²) >= 11 is 6.06. The van der Waals surface area contributed by atoms with E-state index < -0.39 is 12.0 Å². The molecule has 4 nitrogen and oxygen atoms in total. The van der Waals surface area contributed by atoms with Gasteiger partial charge in [0.1, 0.15) is 11.8 Å². The predicted molar refractivity (Wildman–Crippen MR) is 62.0 cm³/mol. The lowest BCUT2D eigenvalue weighted by Gasteiger charge is -2.17. The summed E-state index contributed by atoms with van der Waals surface area (Å²) in [6.07, 6.45) is 0. The predicted octanol–water partition coefficient (Wildman–Crippen LogP) is 2.05. The number of benzene rings is 1. The van der Waals surface area contributed by atoms with E-state index in [4.69, 9.17) is 27.2 Å². The van der Waals surface area contributed by atoms with Crippen molar-refractivity contribution >= 4 is 17.6 Å². The van der Waals surface area contributed by atoms with Crippen molar-refractivity contribution in [3.8, 4) is 5.75 Å². The minimum Gasteiger partial charge on any atom is -0.496 e. The molecule has 3 N–H and O–H groups in total. The van der Waals surface area contributed by atoms with Crippen molar-refractivity contribution < 1.29 is 14.6 Å². The topological polar surface area (TPSA) is 72.5 Å². The molecule has 0 saturated heterocycles. The first-order chi connectivity index (χ1) is 7.40. The van der Waals surface area contributed by atoms with Crippen molar-refractivity contribution in [1.29, 1.82) is 0 Å². The number of hydrogen-bond acceptors (Lipinski definition) is 3. The summed E-state index contributed by atoms with van der Waals surface area (Å²) in [6.45, 7) is 3.56. The number of methoxy groups -OCH3 is 1. The van der Waals surface area contributed by atoms with Gasteiger partial charge in [0.2, 0.25) is 0 Å². The number of aryl methyl sites for hydroxylation is 1. The fraction of sp³-hybridized carbons (Fsp3) is 0.364. The number of carboxylic acid groups (broad SMARTS) is 1. The van der Waals surface area contributed by atoms with E-state index in [2.05, 4.69) is 0 Å². The molecule has 0 aliphatic rings. The second-order valence-electron chi connectivity index (χ2n) is 3.56. The van der Waals surface area contributed by atoms with E-state index in [1.54, 1.807) is 13.0 Å². The van der Waals surface area contributed by atoms with E-state index in [0.29, 0.717) is 21.9 Å². The summed E-state index contributed by atoms with van der Waals surface area (Å²) < 4.78 is 5.13. The van der Waals surface area contributed by atoms with Crippen LogP contribution in [0.5, 0.6) is 5.75 Å². The first-order valence-electron chi connectivity index (χ1n) is 4.72. The molecule has 0 bridgehead atoms. The third-order valence-electron chi connectivity index (χ3n) is 2.49. The number of aliphatic carboxylic acids is 1. The monoisotopic (exact) mass is 243 g/mol. The molecule has 0 fully saturated rings. The Morgan fingerprint density at radius 1 is 1.56 bits per heavy atom. The lowest BCUT2D eigenvalue weighted by molar-refractivity contribution is -0.138. The van der Waals surface area contributed by atoms with Crippen LogP contribution in [0.4, 0.5) is 0 Å². The average molecular weight is 244 g/mol. The molecule has 1 unspecified atom stereocenters. The van der Waals surface area contributed by atoms with Crippen molar-refractivity contribution in [2.45, 2.75) is 19.9 Å². The number of carboxylic acids is 1. The van der Waals surface area contributed by atoms with Gasteiger partial charge in [0.05, 0.1) is 7.11 Å². The normalized spacial score (nSPS) is 12.3. The smallest absolute Gasteiger partial charge is 0.325 e. The van der Waals surface area contributed by atoms with Gasteiger partial charge < -0.3 is 15.6 Å². The number of halogens is 1. The van der Waals surface area contributed by atoms with Gasteiger partial charge >= 0.3 is 5.97 Å². The maximum absolute atomic E-state index is 10.9. The number of ether oxygens (including phenoxy) is 1. The highest BCUT2D eigenvalue weighted by molar-refractivity contribution is 6.32. The van der Waals surface area contributed by atoms with Gasteiger partial charge in [-0.1, -0.05) is 11.6 Å². The van der Waals surface area contributed by atoms with Crippen LogP contribution in [0.15, 0.2) is 6.07 Å². The third kappa shape index (κ3) is 2.13. The van der Waals surface area contributed by atoms with Crippen LogP contribution in [0.2, 0.25) is 5.02 Å².